The summed E-state index contributed by atoms with van der Waals surface area (Å²) in [5.74, 6) is -0.212. The van der Waals surface area contributed by atoms with Gasteiger partial charge in [-0.3, -0.25) is 4.79 Å². The van der Waals surface area contributed by atoms with Crippen LogP contribution in [0.2, 0.25) is 0 Å². The molecule has 0 aliphatic heterocycles. The van der Waals surface area contributed by atoms with Crippen LogP contribution in [0, 0.1) is 0 Å². The maximum atomic E-state index is 10.2. The highest BCUT2D eigenvalue weighted by molar-refractivity contribution is 5.67. The van der Waals surface area contributed by atoms with E-state index in [1.807, 2.05) is 0 Å². The molecule has 0 bridgehead atoms. The number of rotatable bonds is 5. The molecule has 0 spiro atoms. The van der Waals surface area contributed by atoms with Crippen LogP contribution in [0.4, 0.5) is 0 Å². The van der Waals surface area contributed by atoms with Gasteiger partial charge in [0, 0.05) is 6.42 Å². The number of carboxylic acid groups (broad SMARTS) is 1. The van der Waals surface area contributed by atoms with Crippen LogP contribution in [-0.4, -0.2) is 22.3 Å². The third-order valence-corrected chi connectivity index (χ3v) is 1.71. The van der Waals surface area contributed by atoms with Crippen molar-refractivity contribution in [3.8, 4) is 0 Å². The van der Waals surface area contributed by atoms with Crippen molar-refractivity contribution in [3.05, 3.63) is 24.2 Å². The summed E-state index contributed by atoms with van der Waals surface area (Å²) in [6, 6.07) is 3.56. The van der Waals surface area contributed by atoms with Crippen LogP contribution in [0.1, 0.15) is 18.6 Å². The van der Waals surface area contributed by atoms with Crippen molar-refractivity contribution < 1.29 is 19.4 Å². The van der Waals surface area contributed by atoms with E-state index in [2.05, 4.69) is 0 Å². The molecule has 72 valence electrons. The van der Waals surface area contributed by atoms with Crippen molar-refractivity contribution in [1.82, 2.24) is 0 Å². The maximum absolute atomic E-state index is 10.2. The molecule has 0 radical (unpaired) electrons. The second kappa shape index (κ2) is 4.67. The SMILES string of the molecule is O=C(O)CC(O)CCc1ccco1. The van der Waals surface area contributed by atoms with Gasteiger partial charge in [0.1, 0.15) is 5.76 Å². The van der Waals surface area contributed by atoms with Gasteiger partial charge in [0.05, 0.1) is 18.8 Å². The number of aliphatic hydroxyl groups is 1. The van der Waals surface area contributed by atoms with Crippen LogP contribution in [0.3, 0.4) is 0 Å². The summed E-state index contributed by atoms with van der Waals surface area (Å²) in [6.45, 7) is 0. The summed E-state index contributed by atoms with van der Waals surface area (Å²) in [4.78, 5) is 10.2. The fourth-order valence-corrected chi connectivity index (χ4v) is 1.07. The van der Waals surface area contributed by atoms with E-state index in [1.54, 1.807) is 18.4 Å². The molecule has 0 aliphatic carbocycles. The topological polar surface area (TPSA) is 70.7 Å². The van der Waals surface area contributed by atoms with Crippen LogP contribution in [-0.2, 0) is 11.2 Å². The van der Waals surface area contributed by atoms with Gasteiger partial charge >= 0.3 is 5.97 Å². The molecule has 4 nitrogen and oxygen atoms in total. The zero-order valence-electron chi connectivity index (χ0n) is 7.14. The van der Waals surface area contributed by atoms with Gasteiger partial charge in [0.25, 0.3) is 0 Å². The molecule has 1 heterocycles. The van der Waals surface area contributed by atoms with Gasteiger partial charge < -0.3 is 14.6 Å². The molecule has 0 aromatic carbocycles. The first-order valence-electron chi connectivity index (χ1n) is 4.10. The molecule has 0 aliphatic rings. The van der Waals surface area contributed by atoms with E-state index >= 15 is 0 Å². The molecule has 1 unspecified atom stereocenters. The second-order valence-corrected chi connectivity index (χ2v) is 2.87. The van der Waals surface area contributed by atoms with Gasteiger partial charge in [-0.2, -0.15) is 0 Å². The first-order valence-corrected chi connectivity index (χ1v) is 4.10. The summed E-state index contributed by atoms with van der Waals surface area (Å²) >= 11 is 0. The molecule has 1 aromatic rings. The van der Waals surface area contributed by atoms with E-state index < -0.39 is 12.1 Å². The standard InChI is InChI=1S/C9H12O4/c10-7(6-9(11)12)3-4-8-2-1-5-13-8/h1-2,5,7,10H,3-4,6H2,(H,11,12). The third-order valence-electron chi connectivity index (χ3n) is 1.71. The van der Waals surface area contributed by atoms with Gasteiger partial charge in [0.2, 0.25) is 0 Å². The van der Waals surface area contributed by atoms with Gasteiger partial charge in [0.15, 0.2) is 0 Å². The maximum Gasteiger partial charge on any atom is 0.305 e. The van der Waals surface area contributed by atoms with E-state index in [0.29, 0.717) is 12.8 Å². The first-order chi connectivity index (χ1) is 6.18. The van der Waals surface area contributed by atoms with Crippen molar-refractivity contribution in [3.63, 3.8) is 0 Å². The fraction of sp³-hybridized carbons (Fsp3) is 0.444. The summed E-state index contributed by atoms with van der Waals surface area (Å²) in [6.07, 6.45) is 1.54. The Hall–Kier alpha value is -1.29. The summed E-state index contributed by atoms with van der Waals surface area (Å²) in [5, 5.41) is 17.6. The minimum Gasteiger partial charge on any atom is -0.481 e. The number of hydrogen-bond donors (Lipinski definition) is 2. The van der Waals surface area contributed by atoms with Crippen LogP contribution in [0.25, 0.3) is 0 Å². The molecule has 0 saturated carbocycles. The lowest BCUT2D eigenvalue weighted by Gasteiger charge is -2.05. The Labute approximate surface area is 75.8 Å². The Bertz CT molecular complexity index is 253. The number of hydrogen-bond acceptors (Lipinski definition) is 3. The highest BCUT2D eigenvalue weighted by Gasteiger charge is 2.09. The minimum absolute atomic E-state index is 0.208. The number of furan rings is 1. The molecule has 0 saturated heterocycles. The highest BCUT2D eigenvalue weighted by Crippen LogP contribution is 2.07. The second-order valence-electron chi connectivity index (χ2n) is 2.87. The lowest BCUT2D eigenvalue weighted by atomic mass is 10.1. The predicted octanol–water partition coefficient (Wildman–Crippen LogP) is 1.05. The highest BCUT2D eigenvalue weighted by atomic mass is 16.4. The lowest BCUT2D eigenvalue weighted by molar-refractivity contribution is -0.139. The molecule has 0 fully saturated rings. The molecular formula is C9H12O4. The average Bonchev–Trinajstić information content (AvgIpc) is 2.51. The van der Waals surface area contributed by atoms with Gasteiger partial charge in [-0.15, -0.1) is 0 Å². The Morgan fingerprint density at radius 1 is 1.62 bits per heavy atom. The first kappa shape index (κ1) is 9.80. The molecule has 1 aromatic heterocycles. The monoisotopic (exact) mass is 184 g/mol. The number of aryl methyl sites for hydroxylation is 1. The fourth-order valence-electron chi connectivity index (χ4n) is 1.07. The molecule has 0 amide bonds. The van der Waals surface area contributed by atoms with Crippen LogP contribution < -0.4 is 0 Å². The van der Waals surface area contributed by atoms with Crippen molar-refractivity contribution in [2.24, 2.45) is 0 Å². The molecule has 13 heavy (non-hydrogen) atoms. The molecule has 2 N–H and O–H groups in total. The smallest absolute Gasteiger partial charge is 0.305 e. The normalized spacial score (nSPS) is 12.7. The molecular weight excluding hydrogens is 172 g/mol. The predicted molar refractivity (Wildman–Crippen MR) is 45.3 cm³/mol. The Kier molecular flexibility index (Phi) is 3.52. The number of aliphatic hydroxyl groups excluding tert-OH is 1. The van der Waals surface area contributed by atoms with Gasteiger partial charge in [-0.25, -0.2) is 0 Å². The molecule has 1 rings (SSSR count). The third kappa shape index (κ3) is 3.75. The Morgan fingerprint density at radius 3 is 2.92 bits per heavy atom. The lowest BCUT2D eigenvalue weighted by Crippen LogP contribution is -2.13. The van der Waals surface area contributed by atoms with Gasteiger partial charge in [-0.1, -0.05) is 0 Å². The van der Waals surface area contributed by atoms with E-state index in [-0.39, 0.29) is 6.42 Å². The Morgan fingerprint density at radius 2 is 2.38 bits per heavy atom. The van der Waals surface area contributed by atoms with Gasteiger partial charge in [-0.05, 0) is 18.6 Å². The number of carboxylic acids is 1. The Balaban J connectivity index is 2.22. The van der Waals surface area contributed by atoms with E-state index in [4.69, 9.17) is 9.52 Å². The van der Waals surface area contributed by atoms with E-state index in [0.717, 1.165) is 5.76 Å². The van der Waals surface area contributed by atoms with Crippen LogP contribution >= 0.6 is 0 Å². The van der Waals surface area contributed by atoms with Crippen molar-refractivity contribution in [2.45, 2.75) is 25.4 Å². The zero-order chi connectivity index (χ0) is 9.68. The van der Waals surface area contributed by atoms with Crippen molar-refractivity contribution >= 4 is 5.97 Å². The van der Waals surface area contributed by atoms with E-state index in [9.17, 15) is 9.90 Å². The quantitative estimate of drug-likeness (QED) is 0.717. The molecule has 4 heteroatoms. The van der Waals surface area contributed by atoms with Crippen molar-refractivity contribution in [1.29, 1.82) is 0 Å². The van der Waals surface area contributed by atoms with Crippen molar-refractivity contribution in [2.75, 3.05) is 0 Å². The zero-order valence-corrected chi connectivity index (χ0v) is 7.14. The van der Waals surface area contributed by atoms with E-state index in [1.165, 1.54) is 0 Å². The minimum atomic E-state index is -0.980. The van der Waals surface area contributed by atoms with Crippen LogP contribution in [0.15, 0.2) is 22.8 Å². The molecule has 1 atom stereocenters. The van der Waals surface area contributed by atoms with Crippen LogP contribution in [0.5, 0.6) is 0 Å². The summed E-state index contributed by atoms with van der Waals surface area (Å²) < 4.78 is 5.03. The number of carbonyl (C=O) groups is 1. The summed E-state index contributed by atoms with van der Waals surface area (Å²) in [7, 11) is 0. The largest absolute Gasteiger partial charge is 0.481 e. The summed E-state index contributed by atoms with van der Waals surface area (Å²) in [5.41, 5.74) is 0. The number of aliphatic carboxylic acids is 1. The average molecular weight is 184 g/mol.